The second kappa shape index (κ2) is 8.19. The van der Waals surface area contributed by atoms with Gasteiger partial charge in [-0.2, -0.15) is 0 Å². The molecule has 0 bridgehead atoms. The highest BCUT2D eigenvalue weighted by molar-refractivity contribution is 5.66. The quantitative estimate of drug-likeness (QED) is 0.783. The van der Waals surface area contributed by atoms with Gasteiger partial charge in [-0.3, -0.25) is 9.59 Å². The molecule has 0 spiro atoms. The fourth-order valence-electron chi connectivity index (χ4n) is 2.32. The Kier molecular flexibility index (Phi) is 6.00. The molecule has 0 heterocycles. The molecule has 0 unspecified atom stereocenters. The van der Waals surface area contributed by atoms with E-state index < -0.39 is 11.9 Å². The van der Waals surface area contributed by atoms with E-state index in [1.165, 1.54) is 13.8 Å². The number of ether oxygens (including phenoxy) is 2. The molecule has 0 radical (unpaired) electrons. The van der Waals surface area contributed by atoms with Crippen molar-refractivity contribution in [2.24, 2.45) is 0 Å². The van der Waals surface area contributed by atoms with E-state index in [0.717, 1.165) is 11.1 Å². The van der Waals surface area contributed by atoms with Crippen LogP contribution in [0.2, 0.25) is 0 Å². The van der Waals surface area contributed by atoms with E-state index in [2.05, 4.69) is 0 Å². The van der Waals surface area contributed by atoms with Crippen molar-refractivity contribution in [2.75, 3.05) is 0 Å². The summed E-state index contributed by atoms with van der Waals surface area (Å²) in [5.74, 6) is -0.714. The molecule has 0 aliphatic rings. The van der Waals surface area contributed by atoms with Gasteiger partial charge in [-0.05, 0) is 41.8 Å². The highest BCUT2D eigenvalue weighted by Gasteiger charge is 2.08. The zero-order valence-electron chi connectivity index (χ0n) is 14.1. The van der Waals surface area contributed by atoms with Crippen LogP contribution in [0.3, 0.4) is 0 Å². The number of aromatic hydroxyl groups is 2. The van der Waals surface area contributed by atoms with E-state index in [4.69, 9.17) is 9.47 Å². The maximum Gasteiger partial charge on any atom is 0.302 e. The Morgan fingerprint density at radius 2 is 1.20 bits per heavy atom. The number of hydrogen-bond donors (Lipinski definition) is 2. The van der Waals surface area contributed by atoms with Gasteiger partial charge < -0.3 is 19.7 Å². The minimum Gasteiger partial charge on any atom is -0.508 e. The first-order chi connectivity index (χ1) is 11.8. The molecule has 0 saturated heterocycles. The van der Waals surface area contributed by atoms with Crippen LogP contribution in [0.5, 0.6) is 11.5 Å². The molecule has 2 aromatic rings. The average molecular weight is 344 g/mol. The maximum atomic E-state index is 10.9. The molecule has 2 rings (SSSR count). The van der Waals surface area contributed by atoms with Crippen LogP contribution >= 0.6 is 0 Å². The van der Waals surface area contributed by atoms with Gasteiger partial charge >= 0.3 is 11.9 Å². The first-order valence-corrected chi connectivity index (χ1v) is 7.73. The van der Waals surface area contributed by atoms with Gasteiger partial charge in [0.25, 0.3) is 0 Å². The molecule has 0 atom stereocenters. The second-order valence-electron chi connectivity index (χ2n) is 5.66. The van der Waals surface area contributed by atoms with E-state index in [1.54, 1.807) is 36.4 Å². The number of phenols is 2. The summed E-state index contributed by atoms with van der Waals surface area (Å²) in [6.45, 7) is 2.62. The predicted molar refractivity (Wildman–Crippen MR) is 90.0 cm³/mol. The van der Waals surface area contributed by atoms with Crippen LogP contribution in [0.4, 0.5) is 0 Å². The summed E-state index contributed by atoms with van der Waals surface area (Å²) in [6.07, 6.45) is 0.542. The standard InChI is InChI=1S/C19H20O6/c1-12(20)24-10-16-8-14(3-5-18(16)22)7-15-4-6-19(23)17(9-15)11-25-13(2)21/h3-6,8-9,22-23H,7,10-11H2,1-2H3. The molecule has 132 valence electrons. The van der Waals surface area contributed by atoms with E-state index in [9.17, 15) is 19.8 Å². The number of rotatable bonds is 6. The summed E-state index contributed by atoms with van der Waals surface area (Å²) in [5, 5.41) is 19.7. The van der Waals surface area contributed by atoms with Gasteiger partial charge in [0.1, 0.15) is 24.7 Å². The highest BCUT2D eigenvalue weighted by atomic mass is 16.5. The van der Waals surface area contributed by atoms with Gasteiger partial charge in [0, 0.05) is 25.0 Å². The maximum absolute atomic E-state index is 10.9. The highest BCUT2D eigenvalue weighted by Crippen LogP contribution is 2.24. The van der Waals surface area contributed by atoms with Gasteiger partial charge in [-0.1, -0.05) is 12.1 Å². The number of phenolic OH excluding ortho intramolecular Hbond substituents is 2. The van der Waals surface area contributed by atoms with Gasteiger partial charge in [0.2, 0.25) is 0 Å². The molecular formula is C19H20O6. The van der Waals surface area contributed by atoms with Gasteiger partial charge in [0.05, 0.1) is 0 Å². The summed E-state index contributed by atoms with van der Waals surface area (Å²) < 4.78 is 9.85. The Hall–Kier alpha value is -3.02. The SMILES string of the molecule is CC(=O)OCc1cc(Cc2ccc(O)c(COC(C)=O)c2)ccc1O. The lowest BCUT2D eigenvalue weighted by atomic mass is 10.0. The average Bonchev–Trinajstić information content (AvgIpc) is 2.55. The van der Waals surface area contributed by atoms with Crippen molar-refractivity contribution >= 4 is 11.9 Å². The van der Waals surface area contributed by atoms with E-state index in [0.29, 0.717) is 17.5 Å². The summed E-state index contributed by atoms with van der Waals surface area (Å²) in [4.78, 5) is 21.8. The van der Waals surface area contributed by atoms with Crippen LogP contribution in [-0.4, -0.2) is 22.2 Å². The number of benzene rings is 2. The van der Waals surface area contributed by atoms with Crippen LogP contribution < -0.4 is 0 Å². The van der Waals surface area contributed by atoms with Crippen LogP contribution in [0.1, 0.15) is 36.1 Å². The third kappa shape index (κ3) is 5.53. The third-order valence-corrected chi connectivity index (χ3v) is 3.56. The molecule has 25 heavy (non-hydrogen) atoms. The topological polar surface area (TPSA) is 93.1 Å². The van der Waals surface area contributed by atoms with Crippen LogP contribution in [0.25, 0.3) is 0 Å². The molecule has 2 N–H and O–H groups in total. The molecule has 6 heteroatoms. The van der Waals surface area contributed by atoms with Gasteiger partial charge in [-0.25, -0.2) is 0 Å². The molecule has 0 fully saturated rings. The fourth-order valence-corrected chi connectivity index (χ4v) is 2.32. The van der Waals surface area contributed by atoms with Crippen molar-refractivity contribution in [1.82, 2.24) is 0 Å². The van der Waals surface area contributed by atoms with Crippen molar-refractivity contribution in [2.45, 2.75) is 33.5 Å². The van der Waals surface area contributed by atoms with Crippen molar-refractivity contribution < 1.29 is 29.3 Å². The minimum absolute atomic E-state index is 0.00227. The summed E-state index contributed by atoms with van der Waals surface area (Å²) in [6, 6.07) is 10.2. The number of esters is 2. The molecule has 0 aliphatic carbocycles. The van der Waals surface area contributed by atoms with E-state index in [1.807, 2.05) is 0 Å². The Balaban J connectivity index is 2.16. The molecule has 0 aromatic heterocycles. The fraction of sp³-hybridized carbons (Fsp3) is 0.263. The normalized spacial score (nSPS) is 10.3. The molecule has 0 amide bonds. The number of carbonyl (C=O) groups excluding carboxylic acids is 2. The van der Waals surface area contributed by atoms with Crippen molar-refractivity contribution in [3.8, 4) is 11.5 Å². The van der Waals surface area contributed by atoms with Crippen LogP contribution in [0.15, 0.2) is 36.4 Å². The van der Waals surface area contributed by atoms with Gasteiger partial charge in [0.15, 0.2) is 0 Å². The first kappa shape index (κ1) is 18.3. The molecule has 2 aromatic carbocycles. The Morgan fingerprint density at radius 1 is 0.800 bits per heavy atom. The zero-order valence-corrected chi connectivity index (χ0v) is 14.1. The van der Waals surface area contributed by atoms with Crippen LogP contribution in [-0.2, 0) is 38.7 Å². The minimum atomic E-state index is -0.418. The summed E-state index contributed by atoms with van der Waals surface area (Å²) >= 11 is 0. The third-order valence-electron chi connectivity index (χ3n) is 3.56. The molecule has 0 saturated carbocycles. The number of carbonyl (C=O) groups is 2. The van der Waals surface area contributed by atoms with E-state index in [-0.39, 0.29) is 24.7 Å². The second-order valence-corrected chi connectivity index (χ2v) is 5.66. The van der Waals surface area contributed by atoms with E-state index >= 15 is 0 Å². The van der Waals surface area contributed by atoms with Crippen molar-refractivity contribution in [3.63, 3.8) is 0 Å². The largest absolute Gasteiger partial charge is 0.508 e. The predicted octanol–water partition coefficient (Wildman–Crippen LogP) is 2.81. The molecule has 6 nitrogen and oxygen atoms in total. The van der Waals surface area contributed by atoms with Crippen molar-refractivity contribution in [1.29, 1.82) is 0 Å². The lowest BCUT2D eigenvalue weighted by Crippen LogP contribution is -2.01. The first-order valence-electron chi connectivity index (χ1n) is 7.73. The smallest absolute Gasteiger partial charge is 0.302 e. The number of hydrogen-bond acceptors (Lipinski definition) is 6. The molecule has 0 aliphatic heterocycles. The lowest BCUT2D eigenvalue weighted by Gasteiger charge is -2.10. The van der Waals surface area contributed by atoms with Crippen LogP contribution in [0, 0.1) is 0 Å². The molecular weight excluding hydrogens is 324 g/mol. The van der Waals surface area contributed by atoms with Gasteiger partial charge in [-0.15, -0.1) is 0 Å². The Bertz CT molecular complexity index is 716. The summed E-state index contributed by atoms with van der Waals surface area (Å²) in [7, 11) is 0. The Morgan fingerprint density at radius 3 is 1.56 bits per heavy atom. The Labute approximate surface area is 145 Å². The zero-order chi connectivity index (χ0) is 18.4. The van der Waals surface area contributed by atoms with Crippen molar-refractivity contribution in [3.05, 3.63) is 58.7 Å². The summed E-state index contributed by atoms with van der Waals surface area (Å²) in [5.41, 5.74) is 2.85. The lowest BCUT2D eigenvalue weighted by molar-refractivity contribution is -0.143. The monoisotopic (exact) mass is 344 g/mol.